The van der Waals surface area contributed by atoms with Crippen LogP contribution in [0.15, 0.2) is 24.3 Å². The van der Waals surface area contributed by atoms with Crippen LogP contribution in [0.25, 0.3) is 0 Å². The predicted octanol–water partition coefficient (Wildman–Crippen LogP) is 2.79. The molecule has 1 aromatic carbocycles. The first-order chi connectivity index (χ1) is 7.00. The zero-order chi connectivity index (χ0) is 11.4. The van der Waals surface area contributed by atoms with Crippen LogP contribution in [0.5, 0.6) is 0 Å². The fourth-order valence-electron chi connectivity index (χ4n) is 1.39. The second kappa shape index (κ2) is 4.96. The summed E-state index contributed by atoms with van der Waals surface area (Å²) in [4.78, 5) is 12.8. The maximum Gasteiger partial charge on any atom is 0.219 e. The van der Waals surface area contributed by atoms with Crippen molar-refractivity contribution in [3.63, 3.8) is 0 Å². The average molecular weight is 205 g/mol. The standard InChI is InChI=1S/C13H19NO/c1-10(2)13-7-5-12(6-8-13)9-14(4)11(3)15/h5-8,10H,9H2,1-4H3. The number of hydrogen-bond acceptors (Lipinski definition) is 1. The van der Waals surface area contributed by atoms with E-state index in [0.717, 1.165) is 0 Å². The molecular formula is C13H19NO. The summed E-state index contributed by atoms with van der Waals surface area (Å²) in [5.41, 5.74) is 2.52. The van der Waals surface area contributed by atoms with Gasteiger partial charge in [-0.3, -0.25) is 4.79 Å². The molecule has 82 valence electrons. The van der Waals surface area contributed by atoms with E-state index in [1.165, 1.54) is 11.1 Å². The van der Waals surface area contributed by atoms with E-state index in [1.807, 2.05) is 7.05 Å². The predicted molar refractivity (Wildman–Crippen MR) is 62.7 cm³/mol. The van der Waals surface area contributed by atoms with Gasteiger partial charge in [-0.25, -0.2) is 0 Å². The molecule has 0 atom stereocenters. The Kier molecular flexibility index (Phi) is 3.89. The normalized spacial score (nSPS) is 10.5. The molecule has 0 saturated carbocycles. The second-order valence-corrected chi connectivity index (χ2v) is 4.27. The lowest BCUT2D eigenvalue weighted by Gasteiger charge is -2.15. The molecule has 0 heterocycles. The number of amides is 1. The Balaban J connectivity index is 2.68. The molecule has 0 aliphatic carbocycles. The van der Waals surface area contributed by atoms with Gasteiger partial charge in [-0.15, -0.1) is 0 Å². The topological polar surface area (TPSA) is 20.3 Å². The van der Waals surface area contributed by atoms with Crippen molar-refractivity contribution in [2.75, 3.05) is 7.05 Å². The van der Waals surface area contributed by atoms with E-state index in [0.29, 0.717) is 12.5 Å². The first-order valence-electron chi connectivity index (χ1n) is 5.31. The van der Waals surface area contributed by atoms with Crippen molar-refractivity contribution < 1.29 is 4.79 Å². The van der Waals surface area contributed by atoms with Gasteiger partial charge in [0.1, 0.15) is 0 Å². The van der Waals surface area contributed by atoms with Crippen molar-refractivity contribution in [1.29, 1.82) is 0 Å². The first-order valence-corrected chi connectivity index (χ1v) is 5.31. The summed E-state index contributed by atoms with van der Waals surface area (Å²) < 4.78 is 0. The van der Waals surface area contributed by atoms with E-state index in [9.17, 15) is 4.79 Å². The number of carbonyl (C=O) groups excluding carboxylic acids is 1. The molecule has 0 aromatic heterocycles. The Morgan fingerprint density at radius 2 is 1.80 bits per heavy atom. The molecule has 0 N–H and O–H groups in total. The fourth-order valence-corrected chi connectivity index (χ4v) is 1.39. The smallest absolute Gasteiger partial charge is 0.219 e. The molecule has 0 saturated heterocycles. The average Bonchev–Trinajstić information content (AvgIpc) is 2.18. The van der Waals surface area contributed by atoms with E-state index < -0.39 is 0 Å². The van der Waals surface area contributed by atoms with Crippen LogP contribution in [0.4, 0.5) is 0 Å². The van der Waals surface area contributed by atoms with E-state index >= 15 is 0 Å². The van der Waals surface area contributed by atoms with Crippen LogP contribution in [-0.4, -0.2) is 17.9 Å². The lowest BCUT2D eigenvalue weighted by Crippen LogP contribution is -2.22. The molecule has 0 aliphatic rings. The highest BCUT2D eigenvalue weighted by molar-refractivity contribution is 5.72. The van der Waals surface area contributed by atoms with Gasteiger partial charge in [0.15, 0.2) is 0 Å². The lowest BCUT2D eigenvalue weighted by atomic mass is 10.0. The lowest BCUT2D eigenvalue weighted by molar-refractivity contribution is -0.128. The molecular weight excluding hydrogens is 186 g/mol. The number of carbonyl (C=O) groups is 1. The van der Waals surface area contributed by atoms with Gasteiger partial charge in [0, 0.05) is 20.5 Å². The monoisotopic (exact) mass is 205 g/mol. The van der Waals surface area contributed by atoms with Crippen molar-refractivity contribution in [2.24, 2.45) is 0 Å². The Morgan fingerprint density at radius 1 is 1.27 bits per heavy atom. The van der Waals surface area contributed by atoms with Crippen LogP contribution < -0.4 is 0 Å². The molecule has 1 amide bonds. The SMILES string of the molecule is CC(=O)N(C)Cc1ccc(C(C)C)cc1. The molecule has 2 nitrogen and oxygen atoms in total. The fraction of sp³-hybridized carbons (Fsp3) is 0.462. The Hall–Kier alpha value is -1.31. The van der Waals surface area contributed by atoms with Crippen LogP contribution >= 0.6 is 0 Å². The summed E-state index contributed by atoms with van der Waals surface area (Å²) in [6.45, 7) is 6.63. The van der Waals surface area contributed by atoms with Gasteiger partial charge >= 0.3 is 0 Å². The molecule has 0 aliphatic heterocycles. The minimum atomic E-state index is 0.0999. The minimum Gasteiger partial charge on any atom is -0.342 e. The summed E-state index contributed by atoms with van der Waals surface area (Å²) in [5.74, 6) is 0.660. The third-order valence-electron chi connectivity index (χ3n) is 2.60. The van der Waals surface area contributed by atoms with E-state index in [4.69, 9.17) is 0 Å². The first kappa shape index (κ1) is 11.8. The van der Waals surface area contributed by atoms with Gasteiger partial charge in [0.05, 0.1) is 0 Å². The minimum absolute atomic E-state index is 0.0999. The summed E-state index contributed by atoms with van der Waals surface area (Å²) in [7, 11) is 1.82. The van der Waals surface area contributed by atoms with Crippen LogP contribution in [0, 0.1) is 0 Å². The van der Waals surface area contributed by atoms with Gasteiger partial charge in [0.2, 0.25) is 5.91 Å². The molecule has 0 fully saturated rings. The summed E-state index contributed by atoms with van der Waals surface area (Å²) in [6.07, 6.45) is 0. The van der Waals surface area contributed by atoms with E-state index in [-0.39, 0.29) is 5.91 Å². The third-order valence-corrected chi connectivity index (χ3v) is 2.60. The van der Waals surface area contributed by atoms with Crippen molar-refractivity contribution in [3.8, 4) is 0 Å². The zero-order valence-corrected chi connectivity index (χ0v) is 9.95. The van der Waals surface area contributed by atoms with E-state index in [2.05, 4.69) is 38.1 Å². The second-order valence-electron chi connectivity index (χ2n) is 4.27. The molecule has 1 rings (SSSR count). The third kappa shape index (κ3) is 3.39. The Labute approximate surface area is 91.9 Å². The highest BCUT2D eigenvalue weighted by atomic mass is 16.2. The van der Waals surface area contributed by atoms with Gasteiger partial charge in [-0.2, -0.15) is 0 Å². The molecule has 15 heavy (non-hydrogen) atoms. The summed E-state index contributed by atoms with van der Waals surface area (Å²) in [6, 6.07) is 8.45. The number of benzene rings is 1. The van der Waals surface area contributed by atoms with Crippen LogP contribution in [0.1, 0.15) is 37.8 Å². The summed E-state index contributed by atoms with van der Waals surface area (Å²) >= 11 is 0. The highest BCUT2D eigenvalue weighted by Gasteiger charge is 2.03. The molecule has 1 aromatic rings. The summed E-state index contributed by atoms with van der Waals surface area (Å²) in [5, 5.41) is 0. The zero-order valence-electron chi connectivity index (χ0n) is 9.95. The van der Waals surface area contributed by atoms with Gasteiger partial charge in [-0.05, 0) is 17.0 Å². The van der Waals surface area contributed by atoms with Crippen molar-refractivity contribution >= 4 is 5.91 Å². The van der Waals surface area contributed by atoms with Gasteiger partial charge in [0.25, 0.3) is 0 Å². The van der Waals surface area contributed by atoms with Crippen LogP contribution in [0.3, 0.4) is 0 Å². The van der Waals surface area contributed by atoms with Crippen molar-refractivity contribution in [2.45, 2.75) is 33.2 Å². The maximum absolute atomic E-state index is 11.0. The number of hydrogen-bond donors (Lipinski definition) is 0. The maximum atomic E-state index is 11.0. The Bertz CT molecular complexity index is 327. The van der Waals surface area contributed by atoms with Crippen LogP contribution in [0.2, 0.25) is 0 Å². The van der Waals surface area contributed by atoms with Crippen molar-refractivity contribution in [3.05, 3.63) is 35.4 Å². The molecule has 0 radical (unpaired) electrons. The Morgan fingerprint density at radius 3 is 2.20 bits per heavy atom. The number of nitrogens with zero attached hydrogens (tertiary/aromatic N) is 1. The quantitative estimate of drug-likeness (QED) is 0.743. The molecule has 0 spiro atoms. The largest absolute Gasteiger partial charge is 0.342 e. The molecule has 2 heteroatoms. The van der Waals surface area contributed by atoms with E-state index in [1.54, 1.807) is 11.8 Å². The van der Waals surface area contributed by atoms with Gasteiger partial charge < -0.3 is 4.90 Å². The van der Waals surface area contributed by atoms with Gasteiger partial charge in [-0.1, -0.05) is 38.1 Å². The number of rotatable bonds is 3. The highest BCUT2D eigenvalue weighted by Crippen LogP contribution is 2.15. The van der Waals surface area contributed by atoms with Crippen LogP contribution in [-0.2, 0) is 11.3 Å². The molecule has 0 bridgehead atoms. The molecule has 0 unspecified atom stereocenters. The van der Waals surface area contributed by atoms with Crippen molar-refractivity contribution in [1.82, 2.24) is 4.90 Å².